The molecular formula is C20H24N4O5S2. The van der Waals surface area contributed by atoms with Crippen molar-refractivity contribution in [1.29, 1.82) is 0 Å². The summed E-state index contributed by atoms with van der Waals surface area (Å²) in [6, 6.07) is 4.97. The Kier molecular flexibility index (Phi) is 6.47. The molecule has 9 nitrogen and oxygen atoms in total. The highest BCUT2D eigenvalue weighted by atomic mass is 32.2. The van der Waals surface area contributed by atoms with Gasteiger partial charge in [0.25, 0.3) is 0 Å². The Morgan fingerprint density at radius 1 is 1.13 bits per heavy atom. The van der Waals surface area contributed by atoms with Gasteiger partial charge < -0.3 is 4.74 Å². The van der Waals surface area contributed by atoms with Crippen molar-refractivity contribution < 1.29 is 22.7 Å². The number of hydrogen-bond donors (Lipinski definition) is 1. The number of anilines is 1. The number of aromatic nitrogens is 2. The van der Waals surface area contributed by atoms with Crippen LogP contribution in [0.5, 0.6) is 0 Å². The first kappa shape index (κ1) is 22.0. The second-order valence-electron chi connectivity index (χ2n) is 7.64. The van der Waals surface area contributed by atoms with Crippen LogP contribution < -0.4 is 5.32 Å². The molecule has 2 aliphatic rings. The van der Waals surface area contributed by atoms with Gasteiger partial charge in [0.05, 0.1) is 4.90 Å². The average Bonchev–Trinajstić information content (AvgIpc) is 3.46. The molecule has 1 aromatic carbocycles. The normalized spacial score (nSPS) is 22.4. The minimum Gasteiger partial charge on any atom is -0.371 e. The quantitative estimate of drug-likeness (QED) is 0.653. The predicted molar refractivity (Wildman–Crippen MR) is 114 cm³/mol. The van der Waals surface area contributed by atoms with E-state index >= 15 is 0 Å². The topological polar surface area (TPSA) is 119 Å². The standard InChI is InChI=1S/C20H24N4O5S2/c1-13(25)14-7-9-15(10-8-14)31(27,28)24-11-3-2-5-16(24)18(26)21-20-23-22-19(30-20)17-6-4-12-29-17/h7-10,16-17H,2-6,11-12H2,1H3,(H,21,23,26). The average molecular weight is 465 g/mol. The molecule has 166 valence electrons. The van der Waals surface area contributed by atoms with E-state index in [2.05, 4.69) is 15.5 Å². The molecule has 3 heterocycles. The van der Waals surface area contributed by atoms with E-state index in [1.54, 1.807) is 0 Å². The maximum atomic E-state index is 13.2. The van der Waals surface area contributed by atoms with Crippen LogP contribution >= 0.6 is 11.3 Å². The first-order valence-electron chi connectivity index (χ1n) is 10.2. The van der Waals surface area contributed by atoms with E-state index in [1.807, 2.05) is 0 Å². The Labute approximate surface area is 184 Å². The molecule has 1 amide bonds. The molecule has 1 aromatic heterocycles. The van der Waals surface area contributed by atoms with Crippen molar-refractivity contribution in [2.45, 2.75) is 56.1 Å². The molecule has 11 heteroatoms. The summed E-state index contributed by atoms with van der Waals surface area (Å²) in [6.07, 6.45) is 3.61. The van der Waals surface area contributed by atoms with Crippen LogP contribution in [0.1, 0.15) is 60.5 Å². The lowest BCUT2D eigenvalue weighted by Gasteiger charge is -2.33. The fourth-order valence-electron chi connectivity index (χ4n) is 3.83. The van der Waals surface area contributed by atoms with E-state index in [0.29, 0.717) is 35.2 Å². The maximum absolute atomic E-state index is 13.2. The van der Waals surface area contributed by atoms with Crippen molar-refractivity contribution in [3.8, 4) is 0 Å². The molecule has 0 aliphatic carbocycles. The monoisotopic (exact) mass is 464 g/mol. The van der Waals surface area contributed by atoms with Gasteiger partial charge in [0.1, 0.15) is 17.2 Å². The van der Waals surface area contributed by atoms with E-state index in [-0.39, 0.29) is 23.3 Å². The van der Waals surface area contributed by atoms with E-state index in [1.165, 1.54) is 46.8 Å². The van der Waals surface area contributed by atoms with E-state index in [0.717, 1.165) is 19.3 Å². The van der Waals surface area contributed by atoms with Gasteiger partial charge in [-0.05, 0) is 44.7 Å². The van der Waals surface area contributed by atoms with Gasteiger partial charge in [-0.2, -0.15) is 4.31 Å². The van der Waals surface area contributed by atoms with E-state index in [9.17, 15) is 18.0 Å². The van der Waals surface area contributed by atoms with Crippen LogP contribution in [0.3, 0.4) is 0 Å². The highest BCUT2D eigenvalue weighted by Crippen LogP contribution is 2.32. The number of carbonyl (C=O) groups excluding carboxylic acids is 2. The van der Waals surface area contributed by atoms with Crippen LogP contribution in [-0.2, 0) is 19.6 Å². The van der Waals surface area contributed by atoms with Gasteiger partial charge in [-0.3, -0.25) is 14.9 Å². The molecule has 2 atom stereocenters. The van der Waals surface area contributed by atoms with E-state index < -0.39 is 22.0 Å². The van der Waals surface area contributed by atoms with Gasteiger partial charge in [0.2, 0.25) is 21.1 Å². The van der Waals surface area contributed by atoms with E-state index in [4.69, 9.17) is 4.74 Å². The van der Waals surface area contributed by atoms with Crippen LogP contribution in [0, 0.1) is 0 Å². The number of carbonyl (C=O) groups is 2. The van der Waals surface area contributed by atoms with Crippen LogP contribution in [-0.4, -0.2) is 53.8 Å². The largest absolute Gasteiger partial charge is 0.371 e. The fourth-order valence-corrected chi connectivity index (χ4v) is 6.31. The summed E-state index contributed by atoms with van der Waals surface area (Å²) in [5, 5.41) is 11.9. The number of hydrogen-bond acceptors (Lipinski definition) is 8. The minimum absolute atomic E-state index is 0.0637. The first-order valence-corrected chi connectivity index (χ1v) is 12.5. The highest BCUT2D eigenvalue weighted by molar-refractivity contribution is 7.89. The molecule has 2 aliphatic heterocycles. The molecule has 2 aromatic rings. The summed E-state index contributed by atoms with van der Waals surface area (Å²) in [5.74, 6) is -0.558. The van der Waals surface area contributed by atoms with Gasteiger partial charge in [0, 0.05) is 18.7 Å². The van der Waals surface area contributed by atoms with Crippen LogP contribution in [0.25, 0.3) is 0 Å². The zero-order chi connectivity index (χ0) is 22.0. The number of nitrogens with zero attached hydrogens (tertiary/aromatic N) is 3. The Balaban J connectivity index is 1.51. The lowest BCUT2D eigenvalue weighted by Crippen LogP contribution is -2.49. The zero-order valence-corrected chi connectivity index (χ0v) is 18.7. The summed E-state index contributed by atoms with van der Waals surface area (Å²) >= 11 is 1.25. The van der Waals surface area contributed by atoms with Gasteiger partial charge in [-0.15, -0.1) is 10.2 Å². The molecule has 31 heavy (non-hydrogen) atoms. The van der Waals surface area contributed by atoms with Gasteiger partial charge >= 0.3 is 0 Å². The predicted octanol–water partition coefficient (Wildman–Crippen LogP) is 2.77. The van der Waals surface area contributed by atoms with Crippen molar-refractivity contribution in [3.63, 3.8) is 0 Å². The molecule has 2 unspecified atom stereocenters. The third-order valence-corrected chi connectivity index (χ3v) is 8.35. The lowest BCUT2D eigenvalue weighted by atomic mass is 10.0. The van der Waals surface area contributed by atoms with Gasteiger partial charge in [0.15, 0.2) is 5.78 Å². The third-order valence-electron chi connectivity index (χ3n) is 5.50. The Bertz CT molecular complexity index is 1060. The molecule has 1 N–H and O–H groups in total. The number of ketones is 1. The minimum atomic E-state index is -3.89. The number of piperidine rings is 1. The lowest BCUT2D eigenvalue weighted by molar-refractivity contribution is -0.120. The zero-order valence-electron chi connectivity index (χ0n) is 17.1. The van der Waals surface area contributed by atoms with Crippen LogP contribution in [0.4, 0.5) is 5.13 Å². The number of sulfonamides is 1. The SMILES string of the molecule is CC(=O)c1ccc(S(=O)(=O)N2CCCCC2C(=O)Nc2nnc(C3CCCO3)s2)cc1. The molecular weight excluding hydrogens is 440 g/mol. The summed E-state index contributed by atoms with van der Waals surface area (Å²) in [5.41, 5.74) is 0.435. The Morgan fingerprint density at radius 3 is 2.58 bits per heavy atom. The fraction of sp³-hybridized carbons (Fsp3) is 0.500. The number of amides is 1. The maximum Gasteiger partial charge on any atom is 0.244 e. The van der Waals surface area contributed by atoms with Crippen molar-refractivity contribution >= 4 is 38.2 Å². The summed E-state index contributed by atoms with van der Waals surface area (Å²) in [7, 11) is -3.89. The first-order chi connectivity index (χ1) is 14.9. The second-order valence-corrected chi connectivity index (χ2v) is 10.5. The molecule has 4 rings (SSSR count). The number of ether oxygens (including phenoxy) is 1. The highest BCUT2D eigenvalue weighted by Gasteiger charge is 2.38. The Morgan fingerprint density at radius 2 is 1.90 bits per heavy atom. The molecule has 0 radical (unpaired) electrons. The second kappa shape index (κ2) is 9.11. The molecule has 0 spiro atoms. The smallest absolute Gasteiger partial charge is 0.244 e. The third kappa shape index (κ3) is 4.69. The summed E-state index contributed by atoms with van der Waals surface area (Å²) < 4.78 is 33.3. The van der Waals surface area contributed by atoms with Crippen molar-refractivity contribution in [2.75, 3.05) is 18.5 Å². The van der Waals surface area contributed by atoms with Gasteiger partial charge in [-0.25, -0.2) is 8.42 Å². The number of Topliss-reactive ketones (excluding diaryl/α,β-unsaturated/α-hetero) is 1. The van der Waals surface area contributed by atoms with Crippen molar-refractivity contribution in [1.82, 2.24) is 14.5 Å². The van der Waals surface area contributed by atoms with Crippen molar-refractivity contribution in [3.05, 3.63) is 34.8 Å². The molecule has 2 fully saturated rings. The number of rotatable bonds is 6. The van der Waals surface area contributed by atoms with Gasteiger partial charge in [-0.1, -0.05) is 29.9 Å². The number of nitrogens with one attached hydrogen (secondary N) is 1. The van der Waals surface area contributed by atoms with Crippen LogP contribution in [0.2, 0.25) is 0 Å². The van der Waals surface area contributed by atoms with Crippen LogP contribution in [0.15, 0.2) is 29.2 Å². The molecule has 2 saturated heterocycles. The molecule has 0 bridgehead atoms. The number of benzene rings is 1. The molecule has 0 saturated carbocycles. The van der Waals surface area contributed by atoms with Crippen molar-refractivity contribution in [2.24, 2.45) is 0 Å². The Hall–Kier alpha value is -2.21. The summed E-state index contributed by atoms with van der Waals surface area (Å²) in [4.78, 5) is 24.5. The summed E-state index contributed by atoms with van der Waals surface area (Å²) in [6.45, 7) is 2.37.